The van der Waals surface area contributed by atoms with Crippen LogP contribution < -0.4 is 0 Å². The summed E-state index contributed by atoms with van der Waals surface area (Å²) in [4.78, 5) is 4.56. The molecular weight excluding hydrogens is 268 g/mol. The van der Waals surface area contributed by atoms with Crippen molar-refractivity contribution in [2.24, 2.45) is 11.8 Å². The van der Waals surface area contributed by atoms with Crippen LogP contribution in [0.3, 0.4) is 0 Å². The molecule has 5 nitrogen and oxygen atoms in total. The van der Waals surface area contributed by atoms with Gasteiger partial charge in [-0.1, -0.05) is 19.0 Å². The van der Waals surface area contributed by atoms with Gasteiger partial charge in [0.1, 0.15) is 0 Å². The fourth-order valence-corrected chi connectivity index (χ4v) is 3.57. The van der Waals surface area contributed by atoms with E-state index < -0.39 is 6.10 Å². The van der Waals surface area contributed by atoms with Crippen molar-refractivity contribution >= 4 is 0 Å². The molecule has 2 fully saturated rings. The van der Waals surface area contributed by atoms with Crippen LogP contribution >= 0.6 is 0 Å². The van der Waals surface area contributed by atoms with Gasteiger partial charge in [-0.25, -0.2) is 0 Å². The molecule has 2 heterocycles. The van der Waals surface area contributed by atoms with Crippen LogP contribution in [0.25, 0.3) is 0 Å². The minimum absolute atomic E-state index is 0.160. The zero-order valence-corrected chi connectivity index (χ0v) is 13.0. The van der Waals surface area contributed by atoms with E-state index in [1.54, 1.807) is 0 Å². The number of hydrogen-bond acceptors (Lipinski definition) is 5. The molecule has 2 aliphatic rings. The van der Waals surface area contributed by atoms with E-state index in [0.717, 1.165) is 30.5 Å². The second-order valence-corrected chi connectivity index (χ2v) is 6.88. The van der Waals surface area contributed by atoms with E-state index in [9.17, 15) is 5.11 Å². The maximum absolute atomic E-state index is 10.0. The molecule has 1 saturated carbocycles. The third-order valence-corrected chi connectivity index (χ3v) is 5.17. The van der Waals surface area contributed by atoms with Crippen molar-refractivity contribution in [3.8, 4) is 0 Å². The van der Waals surface area contributed by atoms with Crippen LogP contribution in [0.1, 0.15) is 69.5 Å². The van der Waals surface area contributed by atoms with Crippen LogP contribution in [0.15, 0.2) is 4.52 Å². The average molecular weight is 294 g/mol. The van der Waals surface area contributed by atoms with Crippen LogP contribution in [-0.4, -0.2) is 34.6 Å². The molecule has 1 saturated heterocycles. The topological polar surface area (TPSA) is 68.4 Å². The number of aromatic nitrogens is 2. The summed E-state index contributed by atoms with van der Waals surface area (Å²) in [6, 6.07) is 0. The monoisotopic (exact) mass is 294 g/mol. The van der Waals surface area contributed by atoms with Gasteiger partial charge in [0.05, 0.1) is 18.6 Å². The summed E-state index contributed by atoms with van der Waals surface area (Å²) in [7, 11) is 0. The number of nitrogens with zero attached hydrogens (tertiary/aromatic N) is 2. The van der Waals surface area contributed by atoms with Gasteiger partial charge >= 0.3 is 0 Å². The molecule has 1 aliphatic heterocycles. The lowest BCUT2D eigenvalue weighted by molar-refractivity contribution is -0.0149. The third kappa shape index (κ3) is 3.29. The molecule has 0 aromatic carbocycles. The van der Waals surface area contributed by atoms with Crippen molar-refractivity contribution in [3.05, 3.63) is 11.7 Å². The fourth-order valence-electron chi connectivity index (χ4n) is 3.57. The summed E-state index contributed by atoms with van der Waals surface area (Å²) in [5.41, 5.74) is 0. The highest BCUT2D eigenvalue weighted by Crippen LogP contribution is 2.38. The molecule has 1 aliphatic carbocycles. The van der Waals surface area contributed by atoms with Crippen LogP contribution in [0.2, 0.25) is 0 Å². The van der Waals surface area contributed by atoms with Gasteiger partial charge in [-0.3, -0.25) is 0 Å². The highest BCUT2D eigenvalue weighted by atomic mass is 16.5. The normalized spacial score (nSPS) is 34.3. The van der Waals surface area contributed by atoms with Gasteiger partial charge in [-0.2, -0.15) is 4.98 Å². The summed E-state index contributed by atoms with van der Waals surface area (Å²) in [6.45, 7) is 5.70. The predicted octanol–water partition coefficient (Wildman–Crippen LogP) is 2.86. The lowest BCUT2D eigenvalue weighted by atomic mass is 9.77. The Morgan fingerprint density at radius 1 is 1.14 bits per heavy atom. The zero-order valence-electron chi connectivity index (χ0n) is 13.0. The second kappa shape index (κ2) is 6.44. The van der Waals surface area contributed by atoms with Crippen molar-refractivity contribution in [2.45, 2.75) is 63.9 Å². The zero-order chi connectivity index (χ0) is 14.8. The smallest absolute Gasteiger partial charge is 0.234 e. The third-order valence-electron chi connectivity index (χ3n) is 5.17. The van der Waals surface area contributed by atoms with Gasteiger partial charge in [0.15, 0.2) is 5.82 Å². The number of rotatable bonds is 3. The minimum atomic E-state index is -0.427. The summed E-state index contributed by atoms with van der Waals surface area (Å²) >= 11 is 0. The highest BCUT2D eigenvalue weighted by molar-refractivity contribution is 5.03. The van der Waals surface area contributed by atoms with Crippen LogP contribution in [0, 0.1) is 11.8 Å². The van der Waals surface area contributed by atoms with E-state index in [2.05, 4.69) is 24.0 Å². The molecule has 21 heavy (non-hydrogen) atoms. The van der Waals surface area contributed by atoms with E-state index in [0.29, 0.717) is 31.4 Å². The van der Waals surface area contributed by atoms with Crippen molar-refractivity contribution < 1.29 is 14.4 Å². The van der Waals surface area contributed by atoms with E-state index in [1.165, 1.54) is 12.8 Å². The SMILES string of the molecule is CC(C)C1CCC(c2noc(C3COCCC3O)n2)CC1. The maximum Gasteiger partial charge on any atom is 0.234 e. The lowest BCUT2D eigenvalue weighted by Gasteiger charge is -2.29. The van der Waals surface area contributed by atoms with Crippen molar-refractivity contribution in [3.63, 3.8) is 0 Å². The molecule has 2 atom stereocenters. The molecule has 118 valence electrons. The summed E-state index contributed by atoms with van der Waals surface area (Å²) in [5.74, 6) is 3.22. The largest absolute Gasteiger partial charge is 0.392 e. The Kier molecular flexibility index (Phi) is 4.60. The first-order valence-corrected chi connectivity index (χ1v) is 8.24. The van der Waals surface area contributed by atoms with Gasteiger partial charge in [-0.05, 0) is 43.9 Å². The molecule has 3 rings (SSSR count). The minimum Gasteiger partial charge on any atom is -0.392 e. The van der Waals surface area contributed by atoms with Crippen molar-refractivity contribution in [1.82, 2.24) is 10.1 Å². The van der Waals surface area contributed by atoms with Crippen molar-refractivity contribution in [1.29, 1.82) is 0 Å². The molecule has 5 heteroatoms. The van der Waals surface area contributed by atoms with Gasteiger partial charge in [0, 0.05) is 12.5 Å². The highest BCUT2D eigenvalue weighted by Gasteiger charge is 2.32. The Balaban J connectivity index is 1.63. The molecule has 1 aromatic heterocycles. The quantitative estimate of drug-likeness (QED) is 0.928. The molecule has 1 aromatic rings. The van der Waals surface area contributed by atoms with E-state index in [-0.39, 0.29) is 5.92 Å². The lowest BCUT2D eigenvalue weighted by Crippen LogP contribution is -2.30. The molecule has 1 N–H and O–H groups in total. The molecule has 2 unspecified atom stereocenters. The first kappa shape index (κ1) is 15.0. The number of hydrogen-bond donors (Lipinski definition) is 1. The number of aliphatic hydroxyl groups excluding tert-OH is 1. The molecule has 0 spiro atoms. The first-order chi connectivity index (χ1) is 10.1. The Labute approximate surface area is 126 Å². The standard InChI is InChI=1S/C16H26N2O3/c1-10(2)11-3-5-12(6-4-11)15-17-16(21-18-15)13-9-20-8-7-14(13)19/h10-14,19H,3-9H2,1-2H3. The van der Waals surface area contributed by atoms with Gasteiger partial charge in [-0.15, -0.1) is 0 Å². The molecular formula is C16H26N2O3. The Morgan fingerprint density at radius 3 is 2.57 bits per heavy atom. The van der Waals surface area contributed by atoms with E-state index in [1.807, 2.05) is 0 Å². The van der Waals surface area contributed by atoms with Crippen molar-refractivity contribution in [2.75, 3.05) is 13.2 Å². The number of aliphatic hydroxyl groups is 1. The maximum atomic E-state index is 10.0. The first-order valence-electron chi connectivity index (χ1n) is 8.24. The summed E-state index contributed by atoms with van der Waals surface area (Å²) in [5, 5.41) is 14.2. The van der Waals surface area contributed by atoms with Gasteiger partial charge in [0.2, 0.25) is 5.89 Å². The van der Waals surface area contributed by atoms with Crippen LogP contribution in [-0.2, 0) is 4.74 Å². The molecule has 0 amide bonds. The predicted molar refractivity (Wildman–Crippen MR) is 78.0 cm³/mol. The van der Waals surface area contributed by atoms with Gasteiger partial charge in [0.25, 0.3) is 0 Å². The fraction of sp³-hybridized carbons (Fsp3) is 0.875. The van der Waals surface area contributed by atoms with Gasteiger partial charge < -0.3 is 14.4 Å². The second-order valence-electron chi connectivity index (χ2n) is 6.88. The van der Waals surface area contributed by atoms with Crippen LogP contribution in [0.5, 0.6) is 0 Å². The Hall–Kier alpha value is -0.940. The van der Waals surface area contributed by atoms with Crippen LogP contribution in [0.4, 0.5) is 0 Å². The molecule has 0 bridgehead atoms. The summed E-state index contributed by atoms with van der Waals surface area (Å²) < 4.78 is 10.8. The average Bonchev–Trinajstić information content (AvgIpc) is 2.97. The van der Waals surface area contributed by atoms with E-state index >= 15 is 0 Å². The Bertz CT molecular complexity index is 452. The number of ether oxygens (including phenoxy) is 1. The molecule has 0 radical (unpaired) electrons. The summed E-state index contributed by atoms with van der Waals surface area (Å²) in [6.07, 6.45) is 5.01. The van der Waals surface area contributed by atoms with E-state index in [4.69, 9.17) is 9.26 Å². The Morgan fingerprint density at radius 2 is 1.90 bits per heavy atom.